The van der Waals surface area contributed by atoms with E-state index in [0.29, 0.717) is 10.6 Å². The molecule has 0 aliphatic carbocycles. The van der Waals surface area contributed by atoms with Crippen LogP contribution in [0.1, 0.15) is 26.3 Å². The van der Waals surface area contributed by atoms with E-state index in [2.05, 4.69) is 0 Å². The maximum atomic E-state index is 12.3. The molecule has 0 saturated carbocycles. The summed E-state index contributed by atoms with van der Waals surface area (Å²) in [5.41, 5.74) is -0.0383. The van der Waals surface area contributed by atoms with Gasteiger partial charge in [-0.25, -0.2) is 0 Å². The quantitative estimate of drug-likeness (QED) is 0.612. The van der Waals surface area contributed by atoms with Crippen molar-refractivity contribution in [3.63, 3.8) is 0 Å². The standard InChI is InChI=1S/C16H16ClNO4S/c1-16(2,3)22-13(19)9-18-14(20)12(23-15(18)21)8-10-6-4-5-7-11(10)17/h4-8H,9H2,1-3H3. The minimum absolute atomic E-state index is 0.228. The molecule has 0 bridgehead atoms. The van der Waals surface area contributed by atoms with Crippen LogP contribution in [0.5, 0.6) is 0 Å². The Morgan fingerprint density at radius 1 is 1.30 bits per heavy atom. The number of halogens is 1. The average Bonchev–Trinajstić information content (AvgIpc) is 2.67. The first-order valence-electron chi connectivity index (χ1n) is 6.89. The summed E-state index contributed by atoms with van der Waals surface area (Å²) in [6, 6.07) is 6.99. The Bertz CT molecular complexity index is 694. The molecule has 1 heterocycles. The number of carbonyl (C=O) groups is 3. The van der Waals surface area contributed by atoms with Gasteiger partial charge in [-0.2, -0.15) is 0 Å². The van der Waals surface area contributed by atoms with Gasteiger partial charge in [0.15, 0.2) is 0 Å². The number of thioether (sulfide) groups is 1. The molecule has 5 nitrogen and oxygen atoms in total. The van der Waals surface area contributed by atoms with Gasteiger partial charge in [0.05, 0.1) is 4.91 Å². The third kappa shape index (κ3) is 4.59. The normalized spacial score (nSPS) is 17.0. The Morgan fingerprint density at radius 3 is 2.57 bits per heavy atom. The molecule has 0 atom stereocenters. The largest absolute Gasteiger partial charge is 0.459 e. The zero-order chi connectivity index (χ0) is 17.2. The molecule has 0 spiro atoms. The first kappa shape index (κ1) is 17.6. The Kier molecular flexibility index (Phi) is 5.16. The van der Waals surface area contributed by atoms with Crippen LogP contribution in [0.4, 0.5) is 4.79 Å². The topological polar surface area (TPSA) is 63.7 Å². The lowest BCUT2D eigenvalue weighted by atomic mass is 10.2. The number of rotatable bonds is 3. The Balaban J connectivity index is 2.14. The SMILES string of the molecule is CC(C)(C)OC(=O)CN1C(=O)SC(=Cc2ccccc2Cl)C1=O. The minimum Gasteiger partial charge on any atom is -0.459 e. The molecule has 1 aromatic rings. The second kappa shape index (κ2) is 6.76. The molecule has 0 unspecified atom stereocenters. The third-order valence-corrected chi connectivity index (χ3v) is 4.02. The van der Waals surface area contributed by atoms with Crippen LogP contribution in [0.3, 0.4) is 0 Å². The van der Waals surface area contributed by atoms with Crippen LogP contribution in [-0.4, -0.2) is 34.2 Å². The van der Waals surface area contributed by atoms with E-state index in [9.17, 15) is 14.4 Å². The molecular weight excluding hydrogens is 338 g/mol. The molecule has 7 heteroatoms. The Hall–Kier alpha value is -1.79. The van der Waals surface area contributed by atoms with Gasteiger partial charge in [0.2, 0.25) is 0 Å². The molecule has 1 aromatic carbocycles. The number of hydrogen-bond donors (Lipinski definition) is 0. The van der Waals surface area contributed by atoms with E-state index in [4.69, 9.17) is 16.3 Å². The van der Waals surface area contributed by atoms with Crippen molar-refractivity contribution in [1.29, 1.82) is 0 Å². The van der Waals surface area contributed by atoms with Crippen molar-refractivity contribution < 1.29 is 19.1 Å². The van der Waals surface area contributed by atoms with E-state index in [1.165, 1.54) is 0 Å². The summed E-state index contributed by atoms with van der Waals surface area (Å²) in [5.74, 6) is -1.15. The maximum absolute atomic E-state index is 12.3. The second-order valence-electron chi connectivity index (χ2n) is 5.88. The van der Waals surface area contributed by atoms with Crippen molar-refractivity contribution in [2.45, 2.75) is 26.4 Å². The fraction of sp³-hybridized carbons (Fsp3) is 0.312. The maximum Gasteiger partial charge on any atom is 0.326 e. The van der Waals surface area contributed by atoms with Crippen LogP contribution in [0.2, 0.25) is 5.02 Å². The monoisotopic (exact) mass is 353 g/mol. The Labute approximate surface area is 143 Å². The lowest BCUT2D eigenvalue weighted by molar-refractivity contribution is -0.156. The Morgan fingerprint density at radius 2 is 1.96 bits per heavy atom. The molecule has 23 heavy (non-hydrogen) atoms. The van der Waals surface area contributed by atoms with Gasteiger partial charge < -0.3 is 4.74 Å². The fourth-order valence-corrected chi connectivity index (χ4v) is 2.89. The molecule has 2 amide bonds. The van der Waals surface area contributed by atoms with Crippen LogP contribution in [-0.2, 0) is 14.3 Å². The predicted molar refractivity (Wildman–Crippen MR) is 90.0 cm³/mol. The van der Waals surface area contributed by atoms with Gasteiger partial charge >= 0.3 is 5.97 Å². The van der Waals surface area contributed by atoms with Crippen molar-refractivity contribution in [3.05, 3.63) is 39.8 Å². The van der Waals surface area contributed by atoms with Crippen LogP contribution in [0, 0.1) is 0 Å². The number of amides is 2. The van der Waals surface area contributed by atoms with Crippen molar-refractivity contribution in [2.24, 2.45) is 0 Å². The van der Waals surface area contributed by atoms with Gasteiger partial charge in [-0.15, -0.1) is 0 Å². The number of carbonyl (C=O) groups excluding carboxylic acids is 3. The number of benzene rings is 1. The summed E-state index contributed by atoms with van der Waals surface area (Å²) in [5, 5.41) is -0.0226. The molecule has 0 N–H and O–H groups in total. The van der Waals surface area contributed by atoms with Gasteiger partial charge in [-0.05, 0) is 50.2 Å². The van der Waals surface area contributed by atoms with Crippen LogP contribution >= 0.6 is 23.4 Å². The molecular formula is C16H16ClNO4S. The van der Waals surface area contributed by atoms with Crippen LogP contribution in [0.25, 0.3) is 6.08 Å². The number of hydrogen-bond acceptors (Lipinski definition) is 5. The number of ether oxygens (including phenoxy) is 1. The van der Waals surface area contributed by atoms with Gasteiger partial charge in [0.25, 0.3) is 11.1 Å². The zero-order valence-corrected chi connectivity index (χ0v) is 14.5. The average molecular weight is 354 g/mol. The van der Waals surface area contributed by atoms with Gasteiger partial charge in [0, 0.05) is 5.02 Å². The zero-order valence-electron chi connectivity index (χ0n) is 13.0. The van der Waals surface area contributed by atoms with E-state index in [1.807, 2.05) is 0 Å². The lowest BCUT2D eigenvalue weighted by Gasteiger charge is -2.21. The van der Waals surface area contributed by atoms with E-state index >= 15 is 0 Å². The smallest absolute Gasteiger partial charge is 0.326 e. The summed E-state index contributed by atoms with van der Waals surface area (Å²) >= 11 is 6.82. The number of imide groups is 1. The number of nitrogens with zero attached hydrogens (tertiary/aromatic N) is 1. The van der Waals surface area contributed by atoms with Crippen molar-refractivity contribution in [1.82, 2.24) is 4.90 Å². The van der Waals surface area contributed by atoms with Gasteiger partial charge in [-0.3, -0.25) is 19.3 Å². The highest BCUT2D eigenvalue weighted by Crippen LogP contribution is 2.33. The van der Waals surface area contributed by atoms with Gasteiger partial charge in [-0.1, -0.05) is 29.8 Å². The first-order valence-corrected chi connectivity index (χ1v) is 8.08. The predicted octanol–water partition coefficient (Wildman–Crippen LogP) is 3.72. The molecule has 0 radical (unpaired) electrons. The van der Waals surface area contributed by atoms with E-state index in [1.54, 1.807) is 51.1 Å². The molecule has 1 fully saturated rings. The van der Waals surface area contributed by atoms with Crippen molar-refractivity contribution in [2.75, 3.05) is 6.54 Å². The highest BCUT2D eigenvalue weighted by Gasteiger charge is 2.37. The summed E-state index contributed by atoms with van der Waals surface area (Å²) < 4.78 is 5.13. The van der Waals surface area contributed by atoms with E-state index in [0.717, 1.165) is 16.7 Å². The number of esters is 1. The first-order chi connectivity index (χ1) is 10.7. The van der Waals surface area contributed by atoms with Crippen molar-refractivity contribution >= 4 is 46.6 Å². The summed E-state index contributed by atoms with van der Waals surface area (Å²) in [7, 11) is 0. The van der Waals surface area contributed by atoms with Crippen molar-refractivity contribution in [3.8, 4) is 0 Å². The molecule has 122 valence electrons. The lowest BCUT2D eigenvalue weighted by Crippen LogP contribution is -2.37. The van der Waals surface area contributed by atoms with Crippen LogP contribution in [0.15, 0.2) is 29.2 Å². The molecule has 2 rings (SSSR count). The molecule has 1 aliphatic heterocycles. The third-order valence-electron chi connectivity index (χ3n) is 2.77. The minimum atomic E-state index is -0.674. The summed E-state index contributed by atoms with van der Waals surface area (Å²) in [6.45, 7) is 4.75. The highest BCUT2D eigenvalue weighted by atomic mass is 35.5. The summed E-state index contributed by atoms with van der Waals surface area (Å²) in [6.07, 6.45) is 1.54. The second-order valence-corrected chi connectivity index (χ2v) is 7.28. The highest BCUT2D eigenvalue weighted by molar-refractivity contribution is 8.18. The molecule has 0 aromatic heterocycles. The molecule has 1 aliphatic rings. The molecule has 1 saturated heterocycles. The summed E-state index contributed by atoms with van der Waals surface area (Å²) in [4.78, 5) is 37.2. The van der Waals surface area contributed by atoms with Crippen LogP contribution < -0.4 is 0 Å². The van der Waals surface area contributed by atoms with E-state index in [-0.39, 0.29) is 4.91 Å². The fourth-order valence-electron chi connectivity index (χ4n) is 1.87. The van der Waals surface area contributed by atoms with Gasteiger partial charge in [0.1, 0.15) is 12.1 Å². The van der Waals surface area contributed by atoms with E-state index < -0.39 is 29.3 Å².